The van der Waals surface area contributed by atoms with Crippen LogP contribution in [-0.4, -0.2) is 50.4 Å². The second kappa shape index (κ2) is 15.2. The SMILES string of the molecule is CN(/N=C\c1ccc(OCOc2ccc(CCNC(=O)/C(C#N)=C\c3cc4c5c(c3)CCCN5CCC4)cc2)cc1)P(=S)(Cl)Cl. The minimum absolute atomic E-state index is 0.0419. The summed E-state index contributed by atoms with van der Waals surface area (Å²) in [5.41, 5.74) is 6.94. The number of rotatable bonds is 12. The summed E-state index contributed by atoms with van der Waals surface area (Å²) in [6.07, 6.45) is 8.31. The number of hydrogen-bond donors (Lipinski definition) is 1. The van der Waals surface area contributed by atoms with E-state index < -0.39 is 4.89 Å². The molecule has 0 saturated carbocycles. The predicted molar refractivity (Wildman–Crippen MR) is 186 cm³/mol. The maximum Gasteiger partial charge on any atom is 0.261 e. The number of ether oxygens (including phenoxy) is 2. The molecule has 2 heterocycles. The molecule has 3 aromatic rings. The zero-order chi connectivity index (χ0) is 31.8. The van der Waals surface area contributed by atoms with Crippen LogP contribution in [-0.2, 0) is 35.9 Å². The molecule has 234 valence electrons. The number of hydrogen-bond acceptors (Lipinski definition) is 7. The first kappa shape index (κ1) is 32.8. The Balaban J connectivity index is 1.06. The highest BCUT2D eigenvalue weighted by atomic mass is 35.9. The van der Waals surface area contributed by atoms with Crippen LogP contribution in [0, 0.1) is 11.3 Å². The standard InChI is InChI=1S/C33H34Cl2N5O3PS/c1-39(44(34,35)45)38-22-25-8-12-31(13-9-25)43-23-42-30-10-6-24(7-11-30)14-15-37-33(41)29(21-36)20-26-18-27-4-2-16-40-17-3-5-28(19-26)32(27)40/h6-13,18-20,22H,2-5,14-17,23H2,1H3,(H,37,41)/b29-20-,38-22-. The Bertz CT molecular complexity index is 1640. The van der Waals surface area contributed by atoms with Gasteiger partial charge in [0.05, 0.1) is 6.21 Å². The zero-order valence-electron chi connectivity index (χ0n) is 24.9. The fourth-order valence-electron chi connectivity index (χ4n) is 5.42. The van der Waals surface area contributed by atoms with Gasteiger partial charge < -0.3 is 19.7 Å². The fourth-order valence-corrected chi connectivity index (χ4v) is 5.96. The molecule has 2 aliphatic heterocycles. The lowest BCUT2D eigenvalue weighted by Gasteiger charge is -2.37. The molecule has 0 atom stereocenters. The van der Waals surface area contributed by atoms with E-state index in [1.165, 1.54) is 21.6 Å². The van der Waals surface area contributed by atoms with Crippen LogP contribution in [0.4, 0.5) is 5.69 Å². The van der Waals surface area contributed by atoms with Crippen LogP contribution in [0.1, 0.15) is 40.7 Å². The highest BCUT2D eigenvalue weighted by molar-refractivity contribution is 8.37. The molecule has 0 spiro atoms. The number of halogens is 2. The van der Waals surface area contributed by atoms with Gasteiger partial charge >= 0.3 is 0 Å². The third-order valence-corrected chi connectivity index (χ3v) is 10.5. The van der Waals surface area contributed by atoms with Gasteiger partial charge in [0.25, 0.3) is 5.91 Å². The van der Waals surface area contributed by atoms with Crippen LogP contribution in [0.15, 0.2) is 71.3 Å². The van der Waals surface area contributed by atoms with Crippen molar-refractivity contribution in [1.82, 2.24) is 10.1 Å². The lowest BCUT2D eigenvalue weighted by atomic mass is 9.89. The Kier molecular flexibility index (Phi) is 11.1. The van der Waals surface area contributed by atoms with Crippen LogP contribution in [0.3, 0.4) is 0 Å². The molecular weight excluding hydrogens is 648 g/mol. The number of nitriles is 1. The van der Waals surface area contributed by atoms with E-state index in [4.69, 9.17) is 43.8 Å². The first-order valence-electron chi connectivity index (χ1n) is 14.7. The second-order valence-electron chi connectivity index (χ2n) is 10.8. The van der Waals surface area contributed by atoms with Crippen LogP contribution >= 0.6 is 27.4 Å². The van der Waals surface area contributed by atoms with Gasteiger partial charge in [-0.1, -0.05) is 12.1 Å². The lowest BCUT2D eigenvalue weighted by molar-refractivity contribution is -0.117. The van der Waals surface area contributed by atoms with E-state index in [0.29, 0.717) is 24.5 Å². The van der Waals surface area contributed by atoms with Crippen molar-refractivity contribution in [3.05, 3.63) is 94.1 Å². The molecular formula is C33H34Cl2N5O3PS. The average Bonchev–Trinajstić information content (AvgIpc) is 3.03. The average molecular weight is 683 g/mol. The molecule has 0 saturated heterocycles. The van der Waals surface area contributed by atoms with Crippen LogP contribution in [0.25, 0.3) is 6.08 Å². The van der Waals surface area contributed by atoms with Crippen molar-refractivity contribution >= 4 is 63.1 Å². The molecule has 3 aromatic carbocycles. The van der Waals surface area contributed by atoms with Gasteiger partial charge in [0, 0.05) is 32.4 Å². The van der Waals surface area contributed by atoms with Gasteiger partial charge in [0.15, 0.2) is 0 Å². The monoisotopic (exact) mass is 681 g/mol. The number of carbonyl (C=O) groups is 1. The molecule has 0 fully saturated rings. The minimum Gasteiger partial charge on any atom is -0.458 e. The largest absolute Gasteiger partial charge is 0.458 e. The summed E-state index contributed by atoms with van der Waals surface area (Å²) in [5, 5.41) is 16.8. The predicted octanol–water partition coefficient (Wildman–Crippen LogP) is 7.03. The molecule has 0 aromatic heterocycles. The number of nitrogens with one attached hydrogen (secondary N) is 1. The molecule has 8 nitrogen and oxygen atoms in total. The Hall–Kier alpha value is -3.54. The van der Waals surface area contributed by atoms with E-state index in [1.54, 1.807) is 19.3 Å². The van der Waals surface area contributed by atoms with Crippen molar-refractivity contribution < 1.29 is 14.3 Å². The summed E-state index contributed by atoms with van der Waals surface area (Å²) >= 11 is 16.9. The quantitative estimate of drug-likeness (QED) is 0.0548. The van der Waals surface area contributed by atoms with E-state index >= 15 is 0 Å². The Labute approximate surface area is 278 Å². The van der Waals surface area contributed by atoms with E-state index in [0.717, 1.165) is 55.5 Å². The van der Waals surface area contributed by atoms with Gasteiger partial charge in [0.2, 0.25) is 11.7 Å². The van der Waals surface area contributed by atoms with Crippen molar-refractivity contribution in [2.75, 3.05) is 38.4 Å². The van der Waals surface area contributed by atoms with Crippen molar-refractivity contribution in [2.24, 2.45) is 5.10 Å². The third kappa shape index (κ3) is 9.02. The van der Waals surface area contributed by atoms with E-state index in [9.17, 15) is 10.1 Å². The lowest BCUT2D eigenvalue weighted by Crippen LogP contribution is -2.34. The van der Waals surface area contributed by atoms with Gasteiger partial charge in [-0.25, -0.2) is 4.78 Å². The number of anilines is 1. The summed E-state index contributed by atoms with van der Waals surface area (Å²) in [4.78, 5) is 12.7. The molecule has 0 unspecified atom stereocenters. The van der Waals surface area contributed by atoms with Crippen LogP contribution in [0.5, 0.6) is 11.5 Å². The van der Waals surface area contributed by atoms with Crippen molar-refractivity contribution in [1.29, 1.82) is 5.26 Å². The van der Waals surface area contributed by atoms with E-state index in [1.807, 2.05) is 48.5 Å². The summed E-state index contributed by atoms with van der Waals surface area (Å²) in [6.45, 7) is 2.68. The molecule has 5 rings (SSSR count). The van der Waals surface area contributed by atoms with E-state index in [2.05, 4.69) is 33.5 Å². The number of hydrazone groups is 1. The molecule has 1 amide bonds. The number of aryl methyl sites for hydroxylation is 2. The minimum atomic E-state index is -2.64. The van der Waals surface area contributed by atoms with Gasteiger partial charge in [0.1, 0.15) is 23.1 Å². The molecule has 0 aliphatic carbocycles. The maximum atomic E-state index is 12.8. The van der Waals surface area contributed by atoms with Gasteiger partial charge in [-0.15, -0.1) is 0 Å². The molecule has 1 N–H and O–H groups in total. The first-order valence-corrected chi connectivity index (χ1v) is 19.3. The number of carbonyl (C=O) groups excluding carboxylic acids is 1. The third-order valence-electron chi connectivity index (χ3n) is 7.70. The van der Waals surface area contributed by atoms with Gasteiger partial charge in [-0.2, -0.15) is 10.4 Å². The topological polar surface area (TPSA) is 90.2 Å². The summed E-state index contributed by atoms with van der Waals surface area (Å²) < 4.78 is 12.8. The second-order valence-corrected chi connectivity index (χ2v) is 18.5. The smallest absolute Gasteiger partial charge is 0.261 e. The van der Waals surface area contributed by atoms with Gasteiger partial charge in [-0.3, -0.25) is 4.79 Å². The Morgan fingerprint density at radius 3 is 2.22 bits per heavy atom. The molecule has 0 radical (unpaired) electrons. The molecule has 2 aliphatic rings. The van der Waals surface area contributed by atoms with Crippen molar-refractivity contribution in [3.63, 3.8) is 0 Å². The molecule has 12 heteroatoms. The Morgan fingerprint density at radius 2 is 1.64 bits per heavy atom. The molecule has 0 bridgehead atoms. The summed E-state index contributed by atoms with van der Waals surface area (Å²) in [5.74, 6) is 0.946. The fraction of sp³-hybridized carbons (Fsp3) is 0.303. The van der Waals surface area contributed by atoms with Crippen molar-refractivity contribution in [2.45, 2.75) is 32.1 Å². The maximum absolute atomic E-state index is 12.8. The Morgan fingerprint density at radius 1 is 1.04 bits per heavy atom. The number of benzene rings is 3. The summed E-state index contributed by atoms with van der Waals surface area (Å²) in [6, 6.07) is 21.3. The summed E-state index contributed by atoms with van der Waals surface area (Å²) in [7, 11) is 1.64. The number of nitrogens with zero attached hydrogens (tertiary/aromatic N) is 4. The normalized spacial score (nSPS) is 14.4. The van der Waals surface area contributed by atoms with Crippen LogP contribution < -0.4 is 19.7 Å². The highest BCUT2D eigenvalue weighted by Gasteiger charge is 2.24. The van der Waals surface area contributed by atoms with Crippen LogP contribution in [0.2, 0.25) is 0 Å². The molecule has 45 heavy (non-hydrogen) atoms. The first-order chi connectivity index (χ1) is 21.7. The van der Waals surface area contributed by atoms with Crippen molar-refractivity contribution in [3.8, 4) is 17.6 Å². The number of amides is 1. The van der Waals surface area contributed by atoms with Gasteiger partial charge in [-0.05, 0) is 149 Å². The highest BCUT2D eigenvalue weighted by Crippen LogP contribution is 2.59. The zero-order valence-corrected chi connectivity index (χ0v) is 28.1. The van der Waals surface area contributed by atoms with E-state index in [-0.39, 0.29) is 18.3 Å².